The molecule has 1 aliphatic heterocycles. The van der Waals surface area contributed by atoms with Gasteiger partial charge in [-0.1, -0.05) is 12.1 Å². The van der Waals surface area contributed by atoms with E-state index < -0.39 is 30.1 Å². The summed E-state index contributed by atoms with van der Waals surface area (Å²) in [4.78, 5) is 11.6. The molecule has 1 saturated heterocycles. The molecule has 1 fully saturated rings. The Morgan fingerprint density at radius 2 is 1.95 bits per heavy atom. The molecule has 7 heteroatoms. The molecule has 0 unspecified atom stereocenters. The van der Waals surface area contributed by atoms with Gasteiger partial charge in [0.1, 0.15) is 5.60 Å². The van der Waals surface area contributed by atoms with Crippen LogP contribution in [0.2, 0.25) is 0 Å². The van der Waals surface area contributed by atoms with Gasteiger partial charge >= 0.3 is 12.3 Å². The second-order valence-corrected chi connectivity index (χ2v) is 5.82. The SMILES string of the molecule is CC(C)(C)OC(=O)Nc1cccc([C@@]2(C(F)(F)F)CO2)c1. The fourth-order valence-corrected chi connectivity index (χ4v) is 1.84. The molecule has 116 valence electrons. The molecule has 1 aromatic rings. The number of ether oxygens (including phenoxy) is 2. The number of benzene rings is 1. The molecule has 0 bridgehead atoms. The van der Waals surface area contributed by atoms with Crippen molar-refractivity contribution in [2.45, 2.75) is 38.1 Å². The summed E-state index contributed by atoms with van der Waals surface area (Å²) in [7, 11) is 0. The number of nitrogens with one attached hydrogen (secondary N) is 1. The van der Waals surface area contributed by atoms with Crippen molar-refractivity contribution in [3.63, 3.8) is 0 Å². The molecule has 1 aliphatic rings. The molecule has 0 saturated carbocycles. The van der Waals surface area contributed by atoms with Crippen molar-refractivity contribution in [2.24, 2.45) is 0 Å². The van der Waals surface area contributed by atoms with Gasteiger partial charge in [0.05, 0.1) is 6.61 Å². The number of epoxide rings is 1. The number of anilines is 1. The number of carbonyl (C=O) groups is 1. The zero-order valence-electron chi connectivity index (χ0n) is 11.9. The third-order valence-electron chi connectivity index (χ3n) is 2.87. The average Bonchev–Trinajstić information content (AvgIpc) is 3.06. The molecule has 0 radical (unpaired) electrons. The monoisotopic (exact) mass is 303 g/mol. The van der Waals surface area contributed by atoms with Crippen LogP contribution < -0.4 is 5.32 Å². The van der Waals surface area contributed by atoms with Crippen molar-refractivity contribution in [3.05, 3.63) is 29.8 Å². The minimum atomic E-state index is -4.49. The number of hydrogen-bond acceptors (Lipinski definition) is 3. The quantitative estimate of drug-likeness (QED) is 0.845. The third-order valence-corrected chi connectivity index (χ3v) is 2.87. The van der Waals surface area contributed by atoms with Crippen LogP contribution >= 0.6 is 0 Å². The lowest BCUT2D eigenvalue weighted by atomic mass is 9.99. The van der Waals surface area contributed by atoms with Crippen LogP contribution in [-0.2, 0) is 15.1 Å². The van der Waals surface area contributed by atoms with Gasteiger partial charge in [0.2, 0.25) is 5.60 Å². The number of amides is 1. The highest BCUT2D eigenvalue weighted by Gasteiger charge is 2.67. The van der Waals surface area contributed by atoms with Crippen LogP contribution in [0, 0.1) is 0 Å². The van der Waals surface area contributed by atoms with E-state index in [0.717, 1.165) is 0 Å². The Bertz CT molecular complexity index is 545. The number of carbonyl (C=O) groups excluding carboxylic acids is 1. The molecular formula is C14H16F3NO3. The van der Waals surface area contributed by atoms with Crippen molar-refractivity contribution in [1.29, 1.82) is 0 Å². The Morgan fingerprint density at radius 3 is 2.43 bits per heavy atom. The van der Waals surface area contributed by atoms with Crippen LogP contribution in [0.3, 0.4) is 0 Å². The van der Waals surface area contributed by atoms with E-state index in [4.69, 9.17) is 4.74 Å². The summed E-state index contributed by atoms with van der Waals surface area (Å²) < 4.78 is 48.5. The predicted octanol–water partition coefficient (Wildman–Crippen LogP) is 3.82. The highest BCUT2D eigenvalue weighted by molar-refractivity contribution is 5.85. The molecule has 1 N–H and O–H groups in total. The summed E-state index contributed by atoms with van der Waals surface area (Å²) in [5.41, 5.74) is -2.75. The molecule has 0 spiro atoms. The Balaban J connectivity index is 2.14. The maximum atomic E-state index is 13.0. The first kappa shape index (κ1) is 15.6. The number of halogens is 3. The molecule has 4 nitrogen and oxygen atoms in total. The van der Waals surface area contributed by atoms with E-state index in [2.05, 4.69) is 10.1 Å². The summed E-state index contributed by atoms with van der Waals surface area (Å²) in [6.45, 7) is 4.67. The smallest absolute Gasteiger partial charge is 0.424 e. The van der Waals surface area contributed by atoms with Crippen LogP contribution in [0.15, 0.2) is 24.3 Å². The van der Waals surface area contributed by atoms with Crippen molar-refractivity contribution >= 4 is 11.8 Å². The fraction of sp³-hybridized carbons (Fsp3) is 0.500. The Hall–Kier alpha value is -1.76. The van der Waals surface area contributed by atoms with Crippen molar-refractivity contribution < 1.29 is 27.4 Å². The molecule has 0 aliphatic carbocycles. The van der Waals surface area contributed by atoms with E-state index in [0.29, 0.717) is 0 Å². The highest BCUT2D eigenvalue weighted by Crippen LogP contribution is 2.52. The van der Waals surface area contributed by atoms with Gasteiger partial charge in [0.25, 0.3) is 0 Å². The van der Waals surface area contributed by atoms with Crippen molar-refractivity contribution in [2.75, 3.05) is 11.9 Å². The maximum absolute atomic E-state index is 13.0. The Labute approximate surface area is 120 Å². The van der Waals surface area contributed by atoms with Gasteiger partial charge in [-0.25, -0.2) is 4.79 Å². The van der Waals surface area contributed by atoms with Crippen LogP contribution in [0.4, 0.5) is 23.7 Å². The predicted molar refractivity (Wildman–Crippen MR) is 70.0 cm³/mol. The second kappa shape index (κ2) is 4.91. The molecular weight excluding hydrogens is 287 g/mol. The number of hydrogen-bond donors (Lipinski definition) is 1. The van der Waals surface area contributed by atoms with Crippen LogP contribution in [0.25, 0.3) is 0 Å². The molecule has 1 atom stereocenters. The van der Waals surface area contributed by atoms with Crippen LogP contribution in [-0.4, -0.2) is 24.5 Å². The summed E-state index contributed by atoms with van der Waals surface area (Å²) in [6.07, 6.45) is -5.21. The van der Waals surface area contributed by atoms with Gasteiger partial charge in [-0.3, -0.25) is 5.32 Å². The lowest BCUT2D eigenvalue weighted by Crippen LogP contribution is -2.30. The van der Waals surface area contributed by atoms with Crippen LogP contribution in [0.5, 0.6) is 0 Å². The van der Waals surface area contributed by atoms with E-state index in [1.165, 1.54) is 24.3 Å². The van der Waals surface area contributed by atoms with Gasteiger partial charge in [-0.15, -0.1) is 0 Å². The van der Waals surface area contributed by atoms with E-state index in [1.54, 1.807) is 20.8 Å². The summed E-state index contributed by atoms with van der Waals surface area (Å²) in [6, 6.07) is 5.47. The number of alkyl halides is 3. The van der Waals surface area contributed by atoms with Gasteiger partial charge in [0, 0.05) is 5.69 Å². The first-order chi connectivity index (χ1) is 9.53. The standard InChI is InChI=1S/C14H16F3NO3/c1-12(2,3)21-11(19)18-10-6-4-5-9(7-10)13(8-20-13)14(15,16)17/h4-7H,8H2,1-3H3,(H,18,19)/t13-/m1/s1. The molecule has 21 heavy (non-hydrogen) atoms. The highest BCUT2D eigenvalue weighted by atomic mass is 19.4. The van der Waals surface area contributed by atoms with E-state index in [9.17, 15) is 18.0 Å². The zero-order chi connectivity index (χ0) is 15.9. The van der Waals surface area contributed by atoms with Crippen molar-refractivity contribution in [3.8, 4) is 0 Å². The number of rotatable bonds is 2. The molecule has 1 amide bonds. The fourth-order valence-electron chi connectivity index (χ4n) is 1.84. The molecule has 1 aromatic carbocycles. The summed E-state index contributed by atoms with van der Waals surface area (Å²) >= 11 is 0. The minimum Gasteiger partial charge on any atom is -0.444 e. The van der Waals surface area contributed by atoms with Crippen LogP contribution in [0.1, 0.15) is 26.3 Å². The molecule has 1 heterocycles. The lowest BCUT2D eigenvalue weighted by Gasteiger charge is -2.20. The third kappa shape index (κ3) is 3.47. The zero-order valence-corrected chi connectivity index (χ0v) is 11.9. The molecule has 0 aromatic heterocycles. The first-order valence-corrected chi connectivity index (χ1v) is 6.35. The largest absolute Gasteiger partial charge is 0.444 e. The van der Waals surface area contributed by atoms with Gasteiger partial charge in [-0.2, -0.15) is 13.2 Å². The van der Waals surface area contributed by atoms with Gasteiger partial charge in [0.15, 0.2) is 0 Å². The summed E-state index contributed by atoms with van der Waals surface area (Å²) in [5, 5.41) is 2.41. The van der Waals surface area contributed by atoms with Gasteiger partial charge in [-0.05, 0) is 38.5 Å². The van der Waals surface area contributed by atoms with Crippen molar-refractivity contribution in [1.82, 2.24) is 0 Å². The second-order valence-electron chi connectivity index (χ2n) is 5.82. The Kier molecular flexibility index (Phi) is 3.65. The normalized spacial score (nSPS) is 21.8. The average molecular weight is 303 g/mol. The first-order valence-electron chi connectivity index (χ1n) is 6.35. The molecule has 2 rings (SSSR count). The topological polar surface area (TPSA) is 50.9 Å². The van der Waals surface area contributed by atoms with E-state index >= 15 is 0 Å². The lowest BCUT2D eigenvalue weighted by molar-refractivity contribution is -0.187. The summed E-state index contributed by atoms with van der Waals surface area (Å²) in [5.74, 6) is 0. The van der Waals surface area contributed by atoms with E-state index in [-0.39, 0.29) is 11.3 Å². The minimum absolute atomic E-state index is 0.0384. The van der Waals surface area contributed by atoms with E-state index in [1.807, 2.05) is 0 Å². The maximum Gasteiger partial charge on any atom is 0.424 e. The Morgan fingerprint density at radius 1 is 1.33 bits per heavy atom. The van der Waals surface area contributed by atoms with Gasteiger partial charge < -0.3 is 9.47 Å².